The summed E-state index contributed by atoms with van der Waals surface area (Å²) in [6.07, 6.45) is 0. The first-order chi connectivity index (χ1) is 18.6. The van der Waals surface area contributed by atoms with E-state index in [1.165, 1.54) is 12.1 Å². The molecule has 0 aliphatic rings. The van der Waals surface area contributed by atoms with Gasteiger partial charge in [0.15, 0.2) is 5.82 Å². The molecule has 0 saturated carbocycles. The van der Waals surface area contributed by atoms with Gasteiger partial charge in [0.05, 0.1) is 11.1 Å². The van der Waals surface area contributed by atoms with E-state index in [0.29, 0.717) is 24.5 Å². The Morgan fingerprint density at radius 1 is 0.949 bits per heavy atom. The van der Waals surface area contributed by atoms with Crippen LogP contribution in [0.3, 0.4) is 0 Å². The zero-order valence-electron chi connectivity index (χ0n) is 22.9. The zero-order valence-corrected chi connectivity index (χ0v) is 22.9. The van der Waals surface area contributed by atoms with Gasteiger partial charge in [0.25, 0.3) is 5.56 Å². The highest BCUT2D eigenvalue weighted by Crippen LogP contribution is 2.32. The van der Waals surface area contributed by atoms with E-state index in [1.54, 1.807) is 16.8 Å². The number of halogens is 1. The van der Waals surface area contributed by atoms with E-state index in [-0.39, 0.29) is 11.4 Å². The molecule has 0 aliphatic heterocycles. The minimum absolute atomic E-state index is 0.194. The molecule has 1 atom stereocenters. The number of aryl methyl sites for hydroxylation is 2. The van der Waals surface area contributed by atoms with Gasteiger partial charge in [-0.3, -0.25) is 9.69 Å². The molecule has 2 aromatic heterocycles. The number of fused-ring (bicyclic) bond motifs is 1. The van der Waals surface area contributed by atoms with E-state index in [1.807, 2.05) is 58.9 Å². The van der Waals surface area contributed by atoms with Crippen LogP contribution in [-0.4, -0.2) is 30.1 Å². The highest BCUT2D eigenvalue weighted by atomic mass is 19.1. The van der Waals surface area contributed by atoms with Crippen LogP contribution >= 0.6 is 0 Å². The van der Waals surface area contributed by atoms with Gasteiger partial charge in [-0.15, -0.1) is 5.10 Å². The van der Waals surface area contributed by atoms with Crippen molar-refractivity contribution in [2.24, 2.45) is 0 Å². The molecule has 0 bridgehead atoms. The predicted molar refractivity (Wildman–Crippen MR) is 151 cm³/mol. The molecule has 5 rings (SSSR count). The maximum absolute atomic E-state index is 13.8. The Hall–Kier alpha value is -4.17. The number of nitrogens with one attached hydrogen (secondary N) is 1. The summed E-state index contributed by atoms with van der Waals surface area (Å²) in [6, 6.07) is 22.0. The van der Waals surface area contributed by atoms with Crippen LogP contribution in [0.2, 0.25) is 0 Å². The Labute approximate surface area is 227 Å². The second kappa shape index (κ2) is 10.5. The third-order valence-corrected chi connectivity index (χ3v) is 6.88. The molecule has 0 saturated heterocycles. The van der Waals surface area contributed by atoms with E-state index in [2.05, 4.69) is 49.7 Å². The van der Waals surface area contributed by atoms with Crippen LogP contribution in [0, 0.1) is 19.7 Å². The Morgan fingerprint density at radius 2 is 1.62 bits per heavy atom. The number of rotatable bonds is 7. The molecule has 0 fully saturated rings. The molecular formula is C31H33FN6O. The van der Waals surface area contributed by atoms with Crippen molar-refractivity contribution >= 4 is 10.9 Å². The third kappa shape index (κ3) is 5.66. The van der Waals surface area contributed by atoms with E-state index in [9.17, 15) is 9.18 Å². The van der Waals surface area contributed by atoms with Crippen LogP contribution < -0.4 is 5.56 Å². The van der Waals surface area contributed by atoms with Gasteiger partial charge < -0.3 is 4.98 Å². The summed E-state index contributed by atoms with van der Waals surface area (Å²) in [6.45, 7) is 11.1. The molecule has 200 valence electrons. The maximum atomic E-state index is 13.8. The summed E-state index contributed by atoms with van der Waals surface area (Å²) < 4.78 is 15.6. The summed E-state index contributed by atoms with van der Waals surface area (Å²) in [4.78, 5) is 19.1. The van der Waals surface area contributed by atoms with E-state index in [0.717, 1.165) is 33.2 Å². The quantitative estimate of drug-likeness (QED) is 0.290. The van der Waals surface area contributed by atoms with Crippen molar-refractivity contribution < 1.29 is 4.39 Å². The summed E-state index contributed by atoms with van der Waals surface area (Å²) in [5.74, 6) is 0.271. The van der Waals surface area contributed by atoms with Gasteiger partial charge >= 0.3 is 0 Å². The fourth-order valence-corrected chi connectivity index (χ4v) is 5.13. The third-order valence-electron chi connectivity index (χ3n) is 6.88. The monoisotopic (exact) mass is 524 g/mol. The fraction of sp³-hybridized carbons (Fsp3) is 0.290. The highest BCUT2D eigenvalue weighted by molar-refractivity contribution is 5.83. The number of hydrogen-bond acceptors (Lipinski definition) is 5. The number of hydrogen-bond donors (Lipinski definition) is 1. The van der Waals surface area contributed by atoms with Crippen molar-refractivity contribution in [1.29, 1.82) is 0 Å². The molecule has 7 nitrogen and oxygen atoms in total. The number of nitrogens with zero attached hydrogens (tertiary/aromatic N) is 5. The minimum Gasteiger partial charge on any atom is -0.321 e. The second-order valence-electron chi connectivity index (χ2n) is 11.1. The van der Waals surface area contributed by atoms with Gasteiger partial charge in [-0.2, -0.15) is 0 Å². The molecule has 0 amide bonds. The SMILES string of the molecule is Cc1cc(C)c2[nH]c(=O)c(C(c3nnnn3C(C)(C)C)N(Cc3ccccc3)Cc3ccc(F)cc3)cc2c1. The standard InChI is InChI=1S/C31H33FN6O/c1-20-15-21(2)27-24(16-20)17-26(30(39)33-27)28(29-34-35-36-38(29)31(3,4)5)37(18-22-9-7-6-8-10-22)19-23-11-13-25(32)14-12-23/h6-17,28H,18-19H2,1-5H3,(H,33,39). The molecule has 5 aromatic rings. The first kappa shape index (κ1) is 26.4. The second-order valence-corrected chi connectivity index (χ2v) is 11.1. The average molecular weight is 525 g/mol. The van der Waals surface area contributed by atoms with Crippen molar-refractivity contribution in [3.05, 3.63) is 123 Å². The Morgan fingerprint density at radius 3 is 2.28 bits per heavy atom. The largest absolute Gasteiger partial charge is 0.321 e. The predicted octanol–water partition coefficient (Wildman–Crippen LogP) is 5.82. The normalized spacial score (nSPS) is 12.8. The van der Waals surface area contributed by atoms with Crippen LogP contribution in [0.4, 0.5) is 4.39 Å². The molecular weight excluding hydrogens is 491 g/mol. The molecule has 0 spiro atoms. The first-order valence-corrected chi connectivity index (χ1v) is 13.1. The summed E-state index contributed by atoms with van der Waals surface area (Å²) in [5.41, 5.74) is 4.85. The van der Waals surface area contributed by atoms with Crippen LogP contribution in [-0.2, 0) is 18.6 Å². The highest BCUT2D eigenvalue weighted by Gasteiger charge is 2.33. The van der Waals surface area contributed by atoms with E-state index in [4.69, 9.17) is 0 Å². The molecule has 0 aliphatic carbocycles. The van der Waals surface area contributed by atoms with Crippen LogP contribution in [0.25, 0.3) is 10.9 Å². The lowest BCUT2D eigenvalue weighted by Crippen LogP contribution is -2.37. The lowest BCUT2D eigenvalue weighted by Gasteiger charge is -2.33. The van der Waals surface area contributed by atoms with Gasteiger partial charge in [-0.1, -0.05) is 54.1 Å². The zero-order chi connectivity index (χ0) is 27.7. The van der Waals surface area contributed by atoms with Gasteiger partial charge in [0.2, 0.25) is 0 Å². The number of aromatic amines is 1. The molecule has 3 aromatic carbocycles. The van der Waals surface area contributed by atoms with E-state index >= 15 is 0 Å². The van der Waals surface area contributed by atoms with Crippen molar-refractivity contribution in [2.45, 2.75) is 59.3 Å². The lowest BCUT2D eigenvalue weighted by molar-refractivity contribution is 0.184. The minimum atomic E-state index is -0.585. The first-order valence-electron chi connectivity index (χ1n) is 13.1. The van der Waals surface area contributed by atoms with Gasteiger partial charge in [0.1, 0.15) is 11.9 Å². The van der Waals surface area contributed by atoms with Gasteiger partial charge in [-0.25, -0.2) is 9.07 Å². The van der Waals surface area contributed by atoms with Gasteiger partial charge in [-0.05, 0) is 91.4 Å². The van der Waals surface area contributed by atoms with Crippen molar-refractivity contribution in [2.75, 3.05) is 0 Å². The fourth-order valence-electron chi connectivity index (χ4n) is 5.13. The molecule has 39 heavy (non-hydrogen) atoms. The molecule has 1 unspecified atom stereocenters. The summed E-state index contributed by atoms with van der Waals surface area (Å²) in [5, 5.41) is 13.8. The Bertz CT molecular complexity index is 1650. The molecule has 1 N–H and O–H groups in total. The Kier molecular flexibility index (Phi) is 7.14. The van der Waals surface area contributed by atoms with Crippen molar-refractivity contribution in [3.8, 4) is 0 Å². The van der Waals surface area contributed by atoms with Crippen molar-refractivity contribution in [3.63, 3.8) is 0 Å². The average Bonchev–Trinajstić information content (AvgIpc) is 3.37. The number of H-pyrrole nitrogens is 1. The molecule has 0 radical (unpaired) electrons. The topological polar surface area (TPSA) is 79.7 Å². The summed E-state index contributed by atoms with van der Waals surface area (Å²) in [7, 11) is 0. The van der Waals surface area contributed by atoms with Crippen LogP contribution in [0.15, 0.2) is 77.6 Å². The van der Waals surface area contributed by atoms with Crippen LogP contribution in [0.5, 0.6) is 0 Å². The molecule has 2 heterocycles. The number of benzene rings is 3. The Balaban J connectivity index is 1.75. The lowest BCUT2D eigenvalue weighted by atomic mass is 9.98. The maximum Gasteiger partial charge on any atom is 0.253 e. The van der Waals surface area contributed by atoms with Crippen molar-refractivity contribution in [1.82, 2.24) is 30.1 Å². The van der Waals surface area contributed by atoms with E-state index < -0.39 is 11.6 Å². The molecule has 8 heteroatoms. The smallest absolute Gasteiger partial charge is 0.253 e. The van der Waals surface area contributed by atoms with Crippen LogP contribution in [0.1, 0.15) is 60.5 Å². The van der Waals surface area contributed by atoms with Gasteiger partial charge in [0, 0.05) is 18.7 Å². The number of tetrazole rings is 1. The number of pyridine rings is 1. The summed E-state index contributed by atoms with van der Waals surface area (Å²) >= 11 is 0. The number of aromatic nitrogens is 5.